The van der Waals surface area contributed by atoms with Gasteiger partial charge in [-0.15, -0.1) is 0 Å². The molecular weight excluding hydrogens is 627 g/mol. The topological polar surface area (TPSA) is 106 Å². The quantitative estimate of drug-likeness (QED) is 0.0729. The van der Waals surface area contributed by atoms with E-state index in [0.717, 1.165) is 72.2 Å². The molecule has 0 spiro atoms. The molecule has 10 nitrogen and oxygen atoms in total. The Balaban J connectivity index is 1.46. The molecule has 3 heterocycles. The summed E-state index contributed by atoms with van der Waals surface area (Å²) < 4.78 is 27.8. The Morgan fingerprint density at radius 3 is 2.38 bits per heavy atom. The lowest BCUT2D eigenvalue weighted by Gasteiger charge is -2.23. The molecule has 47 heavy (non-hydrogen) atoms. The Bertz CT molecular complexity index is 1620. The summed E-state index contributed by atoms with van der Waals surface area (Å²) in [6, 6.07) is 14.9. The van der Waals surface area contributed by atoms with Crippen LogP contribution in [-0.2, 0) is 34.0 Å². The number of rotatable bonds is 16. The highest BCUT2D eigenvalue weighted by Gasteiger charge is 2.25. The number of nitrogens with zero attached hydrogens (tertiary/aromatic N) is 5. The first-order valence-corrected chi connectivity index (χ1v) is 24.5. The Labute approximate surface area is 281 Å². The molecule has 0 saturated carbocycles. The van der Waals surface area contributed by atoms with Gasteiger partial charge in [0, 0.05) is 41.4 Å². The summed E-state index contributed by atoms with van der Waals surface area (Å²) in [5.74, 6) is 1.74. The third-order valence-corrected chi connectivity index (χ3v) is 11.9. The second-order valence-corrected chi connectivity index (χ2v) is 26.1. The minimum atomic E-state index is -1.24. The van der Waals surface area contributed by atoms with E-state index in [-0.39, 0.29) is 26.4 Å². The zero-order valence-electron chi connectivity index (χ0n) is 29.3. The lowest BCUT2D eigenvalue weighted by atomic mass is 9.96. The molecule has 1 N–H and O–H groups in total. The van der Waals surface area contributed by atoms with Crippen LogP contribution in [0.1, 0.15) is 43.8 Å². The minimum absolute atomic E-state index is 0.167. The van der Waals surface area contributed by atoms with Crippen molar-refractivity contribution < 1.29 is 24.1 Å². The highest BCUT2D eigenvalue weighted by molar-refractivity contribution is 6.76. The zero-order valence-corrected chi connectivity index (χ0v) is 31.3. The summed E-state index contributed by atoms with van der Waals surface area (Å²) in [4.78, 5) is 4.69. The van der Waals surface area contributed by atoms with Crippen LogP contribution in [0.4, 0.5) is 0 Å². The fraction of sp³-hybridized carbons (Fsp3) is 0.571. The summed E-state index contributed by atoms with van der Waals surface area (Å²) in [5.41, 5.74) is 5.13. The van der Waals surface area contributed by atoms with E-state index in [4.69, 9.17) is 29.0 Å². The zero-order chi connectivity index (χ0) is 33.6. The number of ether oxygens (including phenoxy) is 4. The summed E-state index contributed by atoms with van der Waals surface area (Å²) in [5, 5.41) is 20.5. The van der Waals surface area contributed by atoms with Gasteiger partial charge in [0.05, 0.1) is 5.52 Å². The number of benzene rings is 2. The van der Waals surface area contributed by atoms with Crippen LogP contribution in [0.15, 0.2) is 36.4 Å². The number of aliphatic hydroxyl groups is 1. The minimum Gasteiger partial charge on any atom is -0.468 e. The van der Waals surface area contributed by atoms with Crippen molar-refractivity contribution in [3.63, 3.8) is 0 Å². The predicted molar refractivity (Wildman–Crippen MR) is 192 cm³/mol. The number of aromatic nitrogens is 5. The lowest BCUT2D eigenvalue weighted by Crippen LogP contribution is -2.22. The van der Waals surface area contributed by atoms with Gasteiger partial charge >= 0.3 is 0 Å². The third-order valence-electron chi connectivity index (χ3n) is 8.49. The van der Waals surface area contributed by atoms with Crippen molar-refractivity contribution in [1.82, 2.24) is 24.5 Å². The number of aryl methyl sites for hydroxylation is 1. The van der Waals surface area contributed by atoms with Crippen LogP contribution in [0.2, 0.25) is 51.4 Å². The molecule has 1 atom stereocenters. The van der Waals surface area contributed by atoms with Crippen LogP contribution >= 0.6 is 0 Å². The van der Waals surface area contributed by atoms with E-state index < -0.39 is 16.1 Å². The van der Waals surface area contributed by atoms with E-state index >= 15 is 0 Å². The van der Waals surface area contributed by atoms with Gasteiger partial charge < -0.3 is 24.1 Å². The Hall–Kier alpha value is -2.88. The van der Waals surface area contributed by atoms with Gasteiger partial charge in [0.15, 0.2) is 24.7 Å². The average Bonchev–Trinajstić information content (AvgIpc) is 3.63. The highest BCUT2D eigenvalue weighted by Crippen LogP contribution is 2.36. The van der Waals surface area contributed by atoms with Crippen LogP contribution in [0, 0.1) is 0 Å². The molecule has 5 rings (SSSR count). The number of aliphatic hydroxyl groups excluding tert-OH is 1. The standard InChI is InChI=1S/C35H53N5O5Si2/c1-8-26-21-28(45-25-43-18-20-47(5,6)7)13-15-29(26)27-12-14-30-31(22-27)40(33-11-9-10-16-44-33)38-34(30)35-36-32(23-41)37-39(35)24-42-17-19-46(2,3)4/h12-15,21-22,33,41H,8-11,16-20,23-25H2,1-7H3. The monoisotopic (exact) mass is 679 g/mol. The predicted octanol–water partition coefficient (Wildman–Crippen LogP) is 7.72. The van der Waals surface area contributed by atoms with E-state index in [0.29, 0.717) is 30.6 Å². The first-order chi connectivity index (χ1) is 22.5. The van der Waals surface area contributed by atoms with Crippen molar-refractivity contribution in [3.8, 4) is 28.4 Å². The molecule has 1 unspecified atom stereocenters. The van der Waals surface area contributed by atoms with Gasteiger partial charge in [-0.3, -0.25) is 0 Å². The number of fused-ring (bicyclic) bond motifs is 1. The van der Waals surface area contributed by atoms with Crippen LogP contribution < -0.4 is 4.74 Å². The van der Waals surface area contributed by atoms with Crippen LogP contribution in [0.5, 0.6) is 5.75 Å². The van der Waals surface area contributed by atoms with Crippen molar-refractivity contribution in [2.45, 2.75) is 104 Å². The van der Waals surface area contributed by atoms with Gasteiger partial charge in [-0.05, 0) is 78.7 Å². The molecule has 0 radical (unpaired) electrons. The maximum Gasteiger partial charge on any atom is 0.189 e. The Morgan fingerprint density at radius 1 is 0.936 bits per heavy atom. The van der Waals surface area contributed by atoms with E-state index in [1.54, 1.807) is 4.68 Å². The van der Waals surface area contributed by atoms with Crippen molar-refractivity contribution in [2.24, 2.45) is 0 Å². The van der Waals surface area contributed by atoms with Crippen molar-refractivity contribution in [1.29, 1.82) is 0 Å². The van der Waals surface area contributed by atoms with Gasteiger partial charge in [-0.2, -0.15) is 10.2 Å². The van der Waals surface area contributed by atoms with Gasteiger partial charge in [0.25, 0.3) is 0 Å². The normalized spacial score (nSPS) is 15.9. The smallest absolute Gasteiger partial charge is 0.189 e. The Morgan fingerprint density at radius 2 is 1.70 bits per heavy atom. The number of hydrogen-bond acceptors (Lipinski definition) is 8. The van der Waals surface area contributed by atoms with Crippen LogP contribution in [0.3, 0.4) is 0 Å². The molecule has 12 heteroatoms. The van der Waals surface area contributed by atoms with Gasteiger partial charge in [-0.1, -0.05) is 58.3 Å². The molecule has 1 aliphatic heterocycles. The maximum atomic E-state index is 9.92. The molecule has 256 valence electrons. The largest absolute Gasteiger partial charge is 0.468 e. The highest BCUT2D eigenvalue weighted by atomic mass is 28.3. The molecule has 1 fully saturated rings. The Kier molecular flexibility index (Phi) is 11.7. The van der Waals surface area contributed by atoms with Crippen molar-refractivity contribution in [2.75, 3.05) is 26.6 Å². The summed E-state index contributed by atoms with van der Waals surface area (Å²) in [7, 11) is -2.37. The lowest BCUT2D eigenvalue weighted by molar-refractivity contribution is -0.0365. The molecule has 0 amide bonds. The molecule has 2 aromatic carbocycles. The first kappa shape index (κ1) is 35.4. The third kappa shape index (κ3) is 9.39. The van der Waals surface area contributed by atoms with Crippen LogP contribution in [-0.4, -0.2) is 72.4 Å². The molecule has 4 aromatic rings. The summed E-state index contributed by atoms with van der Waals surface area (Å²) in [6.07, 6.45) is 3.72. The van der Waals surface area contributed by atoms with E-state index in [1.807, 2.05) is 10.7 Å². The van der Waals surface area contributed by atoms with Gasteiger partial charge in [0.2, 0.25) is 0 Å². The molecule has 0 bridgehead atoms. The molecular formula is C35H53N5O5Si2. The second-order valence-electron chi connectivity index (χ2n) is 14.9. The molecule has 1 saturated heterocycles. The molecule has 1 aliphatic rings. The van der Waals surface area contributed by atoms with E-state index in [1.165, 1.54) is 5.56 Å². The van der Waals surface area contributed by atoms with Crippen molar-refractivity contribution >= 4 is 27.1 Å². The first-order valence-electron chi connectivity index (χ1n) is 17.1. The van der Waals surface area contributed by atoms with E-state index in [9.17, 15) is 5.11 Å². The number of hydrogen-bond donors (Lipinski definition) is 1. The van der Waals surface area contributed by atoms with Gasteiger partial charge in [-0.25, -0.2) is 14.3 Å². The fourth-order valence-corrected chi connectivity index (χ4v) is 7.15. The fourth-order valence-electron chi connectivity index (χ4n) is 5.64. The summed E-state index contributed by atoms with van der Waals surface area (Å²) >= 11 is 0. The SMILES string of the molecule is CCc1cc(OCOCC[Si](C)(C)C)ccc1-c1ccc2c(-c3nc(CO)nn3COCC[Si](C)(C)C)nn(C3CCCCO3)c2c1. The molecule has 0 aliphatic carbocycles. The van der Waals surface area contributed by atoms with E-state index in [2.05, 4.69) is 81.6 Å². The van der Waals surface area contributed by atoms with Crippen molar-refractivity contribution in [3.05, 3.63) is 47.8 Å². The maximum absolute atomic E-state index is 9.92. The average molecular weight is 680 g/mol. The summed E-state index contributed by atoms with van der Waals surface area (Å²) in [6.45, 7) is 18.6. The van der Waals surface area contributed by atoms with Crippen LogP contribution in [0.25, 0.3) is 33.5 Å². The molecule has 2 aromatic heterocycles. The van der Waals surface area contributed by atoms with Gasteiger partial charge in [0.1, 0.15) is 24.8 Å². The second kappa shape index (κ2) is 15.6.